The summed E-state index contributed by atoms with van der Waals surface area (Å²) >= 11 is 0. The van der Waals surface area contributed by atoms with Crippen LogP contribution in [0.15, 0.2) is 12.1 Å². The van der Waals surface area contributed by atoms with Crippen molar-refractivity contribution in [3.63, 3.8) is 0 Å². The first-order valence-electron chi connectivity index (χ1n) is 10.1. The lowest BCUT2D eigenvalue weighted by Gasteiger charge is -2.22. The monoisotopic (exact) mass is 348 g/mol. The Kier molecular flexibility index (Phi) is 8.31. The minimum Gasteiger partial charge on any atom is -0.508 e. The van der Waals surface area contributed by atoms with Gasteiger partial charge in [0.2, 0.25) is 0 Å². The molecule has 0 aliphatic carbocycles. The number of hydrogen-bond acceptors (Lipinski definition) is 2. The number of phenolic OH excluding ortho intramolecular Hbond substituents is 2. The standard InChI is InChI=1S/C23H40O2/c1-7-23(5,6)15-11-9-13-19-16-18(20(24)17-21(19)25)12-8-10-14-22(2,3)4/h16-17,24-25H,7-15H2,1-6H3. The third kappa shape index (κ3) is 8.65. The van der Waals surface area contributed by atoms with Gasteiger partial charge in [-0.1, -0.05) is 60.8 Å². The van der Waals surface area contributed by atoms with Gasteiger partial charge in [-0.15, -0.1) is 0 Å². The van der Waals surface area contributed by atoms with Gasteiger partial charge < -0.3 is 10.2 Å². The molecule has 0 spiro atoms. The lowest BCUT2D eigenvalue weighted by Crippen LogP contribution is -2.09. The lowest BCUT2D eigenvalue weighted by molar-refractivity contribution is 0.309. The quantitative estimate of drug-likeness (QED) is 0.447. The minimum atomic E-state index is 0.240. The molecule has 0 unspecified atom stereocenters. The summed E-state index contributed by atoms with van der Waals surface area (Å²) in [5.74, 6) is 0.481. The van der Waals surface area contributed by atoms with E-state index in [4.69, 9.17) is 0 Å². The molecule has 0 amide bonds. The molecule has 2 nitrogen and oxygen atoms in total. The van der Waals surface area contributed by atoms with E-state index in [1.165, 1.54) is 38.2 Å². The molecule has 1 rings (SSSR count). The maximum absolute atomic E-state index is 10.1. The highest BCUT2D eigenvalue weighted by atomic mass is 16.3. The fourth-order valence-corrected chi connectivity index (χ4v) is 3.14. The van der Waals surface area contributed by atoms with Crippen molar-refractivity contribution in [1.82, 2.24) is 0 Å². The number of benzene rings is 1. The summed E-state index contributed by atoms with van der Waals surface area (Å²) in [5, 5.41) is 20.3. The summed E-state index contributed by atoms with van der Waals surface area (Å²) in [7, 11) is 0. The predicted molar refractivity (Wildman–Crippen MR) is 108 cm³/mol. The molecule has 1 aromatic rings. The lowest BCUT2D eigenvalue weighted by atomic mass is 9.84. The van der Waals surface area contributed by atoms with E-state index in [0.29, 0.717) is 10.8 Å². The molecular weight excluding hydrogens is 308 g/mol. The first kappa shape index (κ1) is 21.9. The highest BCUT2D eigenvalue weighted by molar-refractivity contribution is 5.45. The van der Waals surface area contributed by atoms with E-state index in [1.54, 1.807) is 0 Å². The van der Waals surface area contributed by atoms with Crippen LogP contribution in [0.2, 0.25) is 0 Å². The van der Waals surface area contributed by atoms with Gasteiger partial charge in [0.25, 0.3) is 0 Å². The van der Waals surface area contributed by atoms with Crippen LogP contribution in [0.3, 0.4) is 0 Å². The van der Waals surface area contributed by atoms with Crippen molar-refractivity contribution >= 4 is 0 Å². The van der Waals surface area contributed by atoms with Crippen LogP contribution in [-0.4, -0.2) is 10.2 Å². The SMILES string of the molecule is CCC(C)(C)CCCCc1cc(CCCCC(C)(C)C)c(O)cc1O. The molecule has 0 atom stereocenters. The van der Waals surface area contributed by atoms with Crippen molar-refractivity contribution in [2.24, 2.45) is 10.8 Å². The zero-order valence-electron chi connectivity index (χ0n) is 17.4. The topological polar surface area (TPSA) is 40.5 Å². The first-order chi connectivity index (χ1) is 11.5. The molecule has 144 valence electrons. The van der Waals surface area contributed by atoms with Gasteiger partial charge >= 0.3 is 0 Å². The van der Waals surface area contributed by atoms with Gasteiger partial charge in [0.15, 0.2) is 0 Å². The van der Waals surface area contributed by atoms with E-state index in [1.807, 2.05) is 6.07 Å². The number of aromatic hydroxyl groups is 2. The van der Waals surface area contributed by atoms with Crippen molar-refractivity contribution < 1.29 is 10.2 Å². The Hall–Kier alpha value is -1.18. The Morgan fingerprint density at radius 2 is 1.20 bits per heavy atom. The first-order valence-corrected chi connectivity index (χ1v) is 10.1. The molecule has 0 heterocycles. The van der Waals surface area contributed by atoms with E-state index in [2.05, 4.69) is 41.5 Å². The average Bonchev–Trinajstić information content (AvgIpc) is 2.50. The molecule has 2 heteroatoms. The third-order valence-electron chi connectivity index (χ3n) is 5.41. The van der Waals surface area contributed by atoms with Gasteiger partial charge in [-0.3, -0.25) is 0 Å². The smallest absolute Gasteiger partial charge is 0.122 e. The van der Waals surface area contributed by atoms with E-state index in [9.17, 15) is 10.2 Å². The largest absolute Gasteiger partial charge is 0.508 e. The van der Waals surface area contributed by atoms with Crippen LogP contribution in [0.25, 0.3) is 0 Å². The minimum absolute atomic E-state index is 0.240. The summed E-state index contributed by atoms with van der Waals surface area (Å²) in [6.45, 7) is 13.7. The van der Waals surface area contributed by atoms with Crippen LogP contribution in [0.5, 0.6) is 11.5 Å². The van der Waals surface area contributed by atoms with Crippen LogP contribution >= 0.6 is 0 Å². The second-order valence-electron chi connectivity index (χ2n) is 9.60. The van der Waals surface area contributed by atoms with Crippen LogP contribution in [0.4, 0.5) is 0 Å². The average molecular weight is 349 g/mol. The van der Waals surface area contributed by atoms with Crippen LogP contribution in [0, 0.1) is 10.8 Å². The van der Waals surface area contributed by atoms with E-state index in [-0.39, 0.29) is 11.5 Å². The molecule has 1 aromatic carbocycles. The Labute approximate surface area is 155 Å². The molecule has 0 radical (unpaired) electrons. The van der Waals surface area contributed by atoms with Gasteiger partial charge in [0.05, 0.1) is 0 Å². The molecule has 2 N–H and O–H groups in total. The second-order valence-corrected chi connectivity index (χ2v) is 9.60. The number of hydrogen-bond donors (Lipinski definition) is 2. The molecule has 0 aliphatic heterocycles. The summed E-state index contributed by atoms with van der Waals surface area (Å²) < 4.78 is 0. The van der Waals surface area contributed by atoms with Gasteiger partial charge in [0, 0.05) is 6.07 Å². The summed E-state index contributed by atoms with van der Waals surface area (Å²) in [6.07, 6.45) is 9.93. The molecule has 0 saturated carbocycles. The Bertz CT molecular complexity index is 524. The molecule has 0 fully saturated rings. The van der Waals surface area contributed by atoms with Gasteiger partial charge in [0.1, 0.15) is 11.5 Å². The number of aryl methyl sites for hydroxylation is 2. The highest BCUT2D eigenvalue weighted by Gasteiger charge is 2.15. The fraction of sp³-hybridized carbons (Fsp3) is 0.739. The molecule has 0 saturated heterocycles. The summed E-state index contributed by atoms with van der Waals surface area (Å²) in [4.78, 5) is 0. The number of unbranched alkanes of at least 4 members (excludes halogenated alkanes) is 2. The van der Waals surface area contributed by atoms with Crippen molar-refractivity contribution in [3.8, 4) is 11.5 Å². The normalized spacial score (nSPS) is 12.6. The van der Waals surface area contributed by atoms with E-state index in [0.717, 1.165) is 36.8 Å². The molecule has 0 aromatic heterocycles. The van der Waals surface area contributed by atoms with Crippen LogP contribution in [-0.2, 0) is 12.8 Å². The zero-order valence-corrected chi connectivity index (χ0v) is 17.4. The second kappa shape index (κ2) is 9.50. The number of phenols is 2. The van der Waals surface area contributed by atoms with Crippen molar-refractivity contribution in [1.29, 1.82) is 0 Å². The zero-order chi connectivity index (χ0) is 19.1. The molecule has 0 bridgehead atoms. The third-order valence-corrected chi connectivity index (χ3v) is 5.41. The Morgan fingerprint density at radius 3 is 1.64 bits per heavy atom. The Morgan fingerprint density at radius 1 is 0.720 bits per heavy atom. The summed E-state index contributed by atoms with van der Waals surface area (Å²) in [5.41, 5.74) is 2.75. The van der Waals surface area contributed by atoms with E-state index >= 15 is 0 Å². The van der Waals surface area contributed by atoms with Crippen molar-refractivity contribution in [2.45, 2.75) is 99.3 Å². The van der Waals surface area contributed by atoms with Gasteiger partial charge in [-0.25, -0.2) is 0 Å². The van der Waals surface area contributed by atoms with E-state index < -0.39 is 0 Å². The molecular formula is C23H40O2. The Balaban J connectivity index is 2.54. The van der Waals surface area contributed by atoms with Crippen molar-refractivity contribution in [3.05, 3.63) is 23.3 Å². The maximum Gasteiger partial charge on any atom is 0.122 e. The summed E-state index contributed by atoms with van der Waals surface area (Å²) in [6, 6.07) is 3.55. The predicted octanol–water partition coefficient (Wildman–Crippen LogP) is 7.01. The fourth-order valence-electron chi connectivity index (χ4n) is 3.14. The van der Waals surface area contributed by atoms with Gasteiger partial charge in [-0.2, -0.15) is 0 Å². The van der Waals surface area contributed by atoms with Crippen LogP contribution in [0.1, 0.15) is 97.6 Å². The highest BCUT2D eigenvalue weighted by Crippen LogP contribution is 2.32. The molecule has 25 heavy (non-hydrogen) atoms. The van der Waals surface area contributed by atoms with Crippen LogP contribution < -0.4 is 0 Å². The number of rotatable bonds is 10. The van der Waals surface area contributed by atoms with Crippen molar-refractivity contribution in [2.75, 3.05) is 0 Å². The van der Waals surface area contributed by atoms with Gasteiger partial charge in [-0.05, 0) is 66.5 Å². The molecule has 0 aliphatic rings. The maximum atomic E-state index is 10.1.